The SMILES string of the molecule is Cn1cnc2c1c(=O)n(CC(C)(Br)CBr)c(=O)n2C. The van der Waals surface area contributed by atoms with Gasteiger partial charge in [-0.25, -0.2) is 9.78 Å². The van der Waals surface area contributed by atoms with Crippen LogP contribution in [0.15, 0.2) is 15.9 Å². The van der Waals surface area contributed by atoms with Crippen LogP contribution in [-0.4, -0.2) is 28.3 Å². The van der Waals surface area contributed by atoms with Gasteiger partial charge in [0.1, 0.15) is 0 Å². The lowest BCUT2D eigenvalue weighted by Gasteiger charge is -2.20. The lowest BCUT2D eigenvalue weighted by atomic mass is 10.2. The summed E-state index contributed by atoms with van der Waals surface area (Å²) in [5.74, 6) is 0. The molecular weight excluding hydrogens is 380 g/mol. The second-order valence-corrected chi connectivity index (χ2v) is 7.28. The van der Waals surface area contributed by atoms with Gasteiger partial charge in [-0.15, -0.1) is 0 Å². The summed E-state index contributed by atoms with van der Waals surface area (Å²) in [6.07, 6.45) is 1.54. The average Bonchev–Trinajstić information content (AvgIpc) is 2.74. The van der Waals surface area contributed by atoms with E-state index in [1.165, 1.54) is 15.5 Å². The van der Waals surface area contributed by atoms with E-state index in [-0.39, 0.29) is 22.1 Å². The predicted molar refractivity (Wildman–Crippen MR) is 81.3 cm³/mol. The molecule has 0 fully saturated rings. The van der Waals surface area contributed by atoms with Gasteiger partial charge in [0.15, 0.2) is 11.2 Å². The van der Waals surface area contributed by atoms with Gasteiger partial charge in [-0.2, -0.15) is 0 Å². The zero-order chi connectivity index (χ0) is 14.4. The molecule has 0 amide bonds. The molecule has 0 saturated carbocycles. The Morgan fingerprint density at radius 3 is 2.58 bits per heavy atom. The zero-order valence-electron chi connectivity index (χ0n) is 10.9. The Kier molecular flexibility index (Phi) is 3.74. The number of hydrogen-bond acceptors (Lipinski definition) is 3. The summed E-state index contributed by atoms with van der Waals surface area (Å²) in [4.78, 5) is 28.8. The molecule has 2 rings (SSSR count). The Morgan fingerprint density at radius 1 is 1.37 bits per heavy atom. The quantitative estimate of drug-likeness (QED) is 0.730. The second-order valence-electron chi connectivity index (χ2n) is 4.81. The third-order valence-corrected chi connectivity index (χ3v) is 5.49. The second kappa shape index (κ2) is 4.90. The van der Waals surface area contributed by atoms with Crippen LogP contribution in [0.1, 0.15) is 6.92 Å². The van der Waals surface area contributed by atoms with Crippen LogP contribution in [-0.2, 0) is 20.6 Å². The molecule has 0 N–H and O–H groups in total. The van der Waals surface area contributed by atoms with Gasteiger partial charge in [0.2, 0.25) is 0 Å². The fourth-order valence-electron chi connectivity index (χ4n) is 1.91. The smallest absolute Gasteiger partial charge is 0.328 e. The van der Waals surface area contributed by atoms with Gasteiger partial charge in [0.25, 0.3) is 5.56 Å². The number of imidazole rings is 1. The van der Waals surface area contributed by atoms with Crippen LogP contribution in [0, 0.1) is 0 Å². The molecule has 1 unspecified atom stereocenters. The first kappa shape index (κ1) is 14.5. The van der Waals surface area contributed by atoms with E-state index in [1.54, 1.807) is 18.7 Å². The van der Waals surface area contributed by atoms with E-state index >= 15 is 0 Å². The summed E-state index contributed by atoms with van der Waals surface area (Å²) in [7, 11) is 3.36. The fraction of sp³-hybridized carbons (Fsp3) is 0.545. The number of rotatable bonds is 3. The number of fused-ring (bicyclic) bond motifs is 1. The Balaban J connectivity index is 2.79. The predicted octanol–water partition coefficient (Wildman–Crippen LogP) is 0.982. The monoisotopic (exact) mass is 392 g/mol. The van der Waals surface area contributed by atoms with Gasteiger partial charge < -0.3 is 4.57 Å². The average molecular weight is 394 g/mol. The molecule has 19 heavy (non-hydrogen) atoms. The van der Waals surface area contributed by atoms with Gasteiger partial charge in [0, 0.05) is 26.0 Å². The molecule has 0 aliphatic heterocycles. The van der Waals surface area contributed by atoms with Crippen molar-refractivity contribution in [2.75, 3.05) is 5.33 Å². The molecule has 2 aromatic rings. The standard InChI is InChI=1S/C11H14Br2N4O2/c1-11(13,4-12)5-17-9(18)7-8(14-6-15(7)2)16(3)10(17)19/h6H,4-5H2,1-3H3. The van der Waals surface area contributed by atoms with Crippen LogP contribution >= 0.6 is 31.9 Å². The molecule has 0 bridgehead atoms. The highest BCUT2D eigenvalue weighted by Gasteiger charge is 2.23. The van der Waals surface area contributed by atoms with E-state index in [0.717, 1.165) is 0 Å². The maximum Gasteiger partial charge on any atom is 0.332 e. The van der Waals surface area contributed by atoms with Gasteiger partial charge in [-0.1, -0.05) is 31.9 Å². The molecule has 2 aromatic heterocycles. The van der Waals surface area contributed by atoms with Gasteiger partial charge in [0.05, 0.1) is 10.7 Å². The lowest BCUT2D eigenvalue weighted by Crippen LogP contribution is -2.44. The molecule has 8 heteroatoms. The van der Waals surface area contributed by atoms with Gasteiger partial charge in [-0.05, 0) is 6.92 Å². The van der Waals surface area contributed by atoms with Gasteiger partial charge in [-0.3, -0.25) is 13.9 Å². The number of nitrogens with zero attached hydrogens (tertiary/aromatic N) is 4. The molecule has 0 saturated heterocycles. The van der Waals surface area contributed by atoms with E-state index < -0.39 is 0 Å². The maximum atomic E-state index is 12.4. The van der Waals surface area contributed by atoms with Crippen LogP contribution < -0.4 is 11.2 Å². The van der Waals surface area contributed by atoms with E-state index in [1.807, 2.05) is 6.92 Å². The summed E-state index contributed by atoms with van der Waals surface area (Å²) in [5.41, 5.74) is 0.163. The number of hydrogen-bond donors (Lipinski definition) is 0. The Labute approximate surface area is 126 Å². The molecule has 6 nitrogen and oxygen atoms in total. The van der Waals surface area contributed by atoms with Crippen molar-refractivity contribution in [1.82, 2.24) is 18.7 Å². The van der Waals surface area contributed by atoms with Gasteiger partial charge >= 0.3 is 5.69 Å². The number of alkyl halides is 2. The Hall–Kier alpha value is -0.890. The minimum absolute atomic E-state index is 0.283. The van der Waals surface area contributed by atoms with Crippen molar-refractivity contribution in [1.29, 1.82) is 0 Å². The van der Waals surface area contributed by atoms with E-state index in [4.69, 9.17) is 0 Å². The number of halogens is 2. The fourth-order valence-corrected chi connectivity index (χ4v) is 2.34. The normalized spacial score (nSPS) is 14.8. The van der Waals surface area contributed by atoms with Crippen molar-refractivity contribution in [3.63, 3.8) is 0 Å². The molecule has 2 heterocycles. The highest BCUT2D eigenvalue weighted by atomic mass is 79.9. The minimum Gasteiger partial charge on any atom is -0.328 e. The van der Waals surface area contributed by atoms with E-state index in [9.17, 15) is 9.59 Å². The van der Waals surface area contributed by atoms with Crippen LogP contribution in [0.25, 0.3) is 11.2 Å². The molecule has 1 atom stereocenters. The topological polar surface area (TPSA) is 61.8 Å². The van der Waals surface area contributed by atoms with Crippen molar-refractivity contribution in [2.45, 2.75) is 17.8 Å². The highest BCUT2D eigenvalue weighted by molar-refractivity contribution is 9.12. The molecule has 0 aromatic carbocycles. The third kappa shape index (κ3) is 2.43. The highest BCUT2D eigenvalue weighted by Crippen LogP contribution is 2.21. The summed E-state index contributed by atoms with van der Waals surface area (Å²) < 4.78 is 3.90. The largest absolute Gasteiger partial charge is 0.332 e. The van der Waals surface area contributed by atoms with E-state index in [0.29, 0.717) is 16.5 Å². The number of aromatic nitrogens is 4. The third-order valence-electron chi connectivity index (χ3n) is 2.97. The summed E-state index contributed by atoms with van der Waals surface area (Å²) in [6, 6.07) is 0. The first-order valence-electron chi connectivity index (χ1n) is 5.64. The summed E-state index contributed by atoms with van der Waals surface area (Å²) in [6.45, 7) is 2.20. The maximum absolute atomic E-state index is 12.4. The molecule has 0 radical (unpaired) electrons. The van der Waals surface area contributed by atoms with Crippen molar-refractivity contribution >= 4 is 43.0 Å². The molecule has 0 aliphatic carbocycles. The first-order chi connectivity index (χ1) is 8.78. The molecular formula is C11H14Br2N4O2. The van der Waals surface area contributed by atoms with Crippen LogP contribution in [0.2, 0.25) is 0 Å². The van der Waals surface area contributed by atoms with Crippen molar-refractivity contribution in [2.24, 2.45) is 14.1 Å². The lowest BCUT2D eigenvalue weighted by molar-refractivity contribution is 0.532. The van der Waals surface area contributed by atoms with Crippen molar-refractivity contribution < 1.29 is 0 Å². The minimum atomic E-state index is -0.366. The van der Waals surface area contributed by atoms with Crippen LogP contribution in [0.4, 0.5) is 0 Å². The Morgan fingerprint density at radius 2 is 2.00 bits per heavy atom. The summed E-state index contributed by atoms with van der Waals surface area (Å²) in [5, 5.41) is 0.624. The molecule has 0 aliphatic rings. The molecule has 0 spiro atoms. The summed E-state index contributed by atoms with van der Waals surface area (Å²) >= 11 is 6.87. The van der Waals surface area contributed by atoms with E-state index in [2.05, 4.69) is 36.8 Å². The van der Waals surface area contributed by atoms with Crippen molar-refractivity contribution in [3.05, 3.63) is 27.2 Å². The number of aryl methyl sites for hydroxylation is 2. The molecule has 104 valence electrons. The first-order valence-corrected chi connectivity index (χ1v) is 7.55. The van der Waals surface area contributed by atoms with Crippen molar-refractivity contribution in [3.8, 4) is 0 Å². The van der Waals surface area contributed by atoms with Crippen LogP contribution in [0.3, 0.4) is 0 Å². The Bertz CT molecular complexity index is 741. The zero-order valence-corrected chi connectivity index (χ0v) is 14.0. The van der Waals surface area contributed by atoms with Crippen LogP contribution in [0.5, 0.6) is 0 Å².